The minimum atomic E-state index is -0.219. The maximum absolute atomic E-state index is 12.3. The molecular formula is C36H54N2O4. The number of benzene rings is 2. The minimum absolute atomic E-state index is 0.219. The number of carbonyl (C=O) groups excluding carboxylic acids is 2. The number of rotatable bonds is 24. The molecule has 0 aromatic heterocycles. The molecule has 0 saturated carbocycles. The minimum Gasteiger partial charge on any atom is -0.426 e. The van der Waals surface area contributed by atoms with Gasteiger partial charge >= 0.3 is 11.9 Å². The number of hydrogen-bond donors (Lipinski definition) is 0. The maximum Gasteiger partial charge on any atom is 0.311 e. The third-order valence-corrected chi connectivity index (χ3v) is 7.35. The summed E-state index contributed by atoms with van der Waals surface area (Å²) in [4.78, 5) is 24.5. The van der Waals surface area contributed by atoms with E-state index in [-0.39, 0.29) is 11.9 Å². The Kier molecular flexibility index (Phi) is 19.7. The molecule has 0 aliphatic heterocycles. The summed E-state index contributed by atoms with van der Waals surface area (Å²) in [6.07, 6.45) is 22.6. The van der Waals surface area contributed by atoms with Gasteiger partial charge in [0.2, 0.25) is 0 Å². The van der Waals surface area contributed by atoms with Gasteiger partial charge in [0.1, 0.15) is 11.5 Å². The van der Waals surface area contributed by atoms with E-state index in [1.54, 1.807) is 48.5 Å². The first kappa shape index (κ1) is 35.2. The van der Waals surface area contributed by atoms with Crippen molar-refractivity contribution < 1.29 is 19.1 Å². The lowest BCUT2D eigenvalue weighted by molar-refractivity contribution is -0.135. The number of carbonyl (C=O) groups is 2. The van der Waals surface area contributed by atoms with Crippen molar-refractivity contribution in [2.75, 3.05) is 0 Å². The van der Waals surface area contributed by atoms with Crippen molar-refractivity contribution in [1.82, 2.24) is 0 Å². The van der Waals surface area contributed by atoms with Gasteiger partial charge in [-0.2, -0.15) is 10.2 Å². The zero-order valence-electron chi connectivity index (χ0n) is 26.3. The lowest BCUT2D eigenvalue weighted by Gasteiger charge is -2.06. The smallest absolute Gasteiger partial charge is 0.311 e. The monoisotopic (exact) mass is 578 g/mol. The molecule has 0 unspecified atom stereocenters. The van der Waals surface area contributed by atoms with Crippen LogP contribution < -0.4 is 9.47 Å². The molecule has 6 nitrogen and oxygen atoms in total. The molecule has 0 heterocycles. The first-order chi connectivity index (χ1) is 20.6. The van der Waals surface area contributed by atoms with Gasteiger partial charge in [-0.1, -0.05) is 129 Å². The second kappa shape index (κ2) is 23.5. The van der Waals surface area contributed by atoms with E-state index in [1.165, 1.54) is 89.9 Å². The highest BCUT2D eigenvalue weighted by atomic mass is 16.5. The number of azo groups is 1. The summed E-state index contributed by atoms with van der Waals surface area (Å²) in [7, 11) is 0. The van der Waals surface area contributed by atoms with Crippen LogP contribution in [0.5, 0.6) is 11.5 Å². The predicted molar refractivity (Wildman–Crippen MR) is 172 cm³/mol. The van der Waals surface area contributed by atoms with Crippen LogP contribution in [0.15, 0.2) is 58.8 Å². The van der Waals surface area contributed by atoms with E-state index in [1.807, 2.05) is 0 Å². The SMILES string of the molecule is CCCCCCCCCCCC(=O)Oc1cccc(N=Nc2cccc(OC(=O)CCCCCCCCCCC)c2)c1. The predicted octanol–water partition coefficient (Wildman–Crippen LogP) is 11.8. The molecule has 0 spiro atoms. The van der Waals surface area contributed by atoms with Crippen molar-refractivity contribution in [3.8, 4) is 11.5 Å². The molecule has 6 heteroatoms. The number of nitrogens with zero attached hydrogens (tertiary/aromatic N) is 2. The zero-order valence-corrected chi connectivity index (χ0v) is 26.3. The van der Waals surface area contributed by atoms with Crippen LogP contribution in [0.25, 0.3) is 0 Å². The van der Waals surface area contributed by atoms with Crippen LogP contribution >= 0.6 is 0 Å². The standard InChI is InChI=1S/C36H54N2O4/c1-3-5-7-9-11-13-15-17-19-27-35(39)41-33-25-21-23-31(29-33)37-38-32-24-22-26-34(30-32)42-36(40)28-20-18-16-14-12-10-8-6-4-2/h21-26,29-30H,3-20,27-28H2,1-2H3. The van der Waals surface area contributed by atoms with Crippen LogP contribution in [0, 0.1) is 0 Å². The Morgan fingerprint density at radius 2 is 0.833 bits per heavy atom. The van der Waals surface area contributed by atoms with Crippen LogP contribution in [-0.4, -0.2) is 11.9 Å². The highest BCUT2D eigenvalue weighted by molar-refractivity contribution is 5.73. The molecule has 0 bridgehead atoms. The van der Waals surface area contributed by atoms with Crippen molar-refractivity contribution in [3.05, 3.63) is 48.5 Å². The van der Waals surface area contributed by atoms with Crippen LogP contribution in [0.2, 0.25) is 0 Å². The fourth-order valence-corrected chi connectivity index (χ4v) is 4.86. The summed E-state index contributed by atoms with van der Waals surface area (Å²) in [5, 5.41) is 8.56. The van der Waals surface area contributed by atoms with Crippen molar-refractivity contribution in [3.63, 3.8) is 0 Å². The highest BCUT2D eigenvalue weighted by Crippen LogP contribution is 2.26. The number of esters is 2. The van der Waals surface area contributed by atoms with Gasteiger partial charge in [0.15, 0.2) is 0 Å². The summed E-state index contributed by atoms with van der Waals surface area (Å²) < 4.78 is 11.0. The van der Waals surface area contributed by atoms with Crippen molar-refractivity contribution in [2.45, 2.75) is 142 Å². The first-order valence-electron chi connectivity index (χ1n) is 16.6. The van der Waals surface area contributed by atoms with Crippen molar-refractivity contribution >= 4 is 23.3 Å². The lowest BCUT2D eigenvalue weighted by atomic mass is 10.1. The molecule has 0 radical (unpaired) electrons. The molecule has 0 saturated heterocycles. The van der Waals surface area contributed by atoms with Gasteiger partial charge in [0, 0.05) is 25.0 Å². The van der Waals surface area contributed by atoms with E-state index in [9.17, 15) is 9.59 Å². The van der Waals surface area contributed by atoms with Crippen LogP contribution in [-0.2, 0) is 9.59 Å². The van der Waals surface area contributed by atoms with Gasteiger partial charge in [-0.15, -0.1) is 0 Å². The normalized spacial score (nSPS) is 11.2. The Bertz CT molecular complexity index is 955. The largest absolute Gasteiger partial charge is 0.426 e. The third kappa shape index (κ3) is 17.7. The average molecular weight is 579 g/mol. The number of ether oxygens (including phenoxy) is 2. The first-order valence-corrected chi connectivity index (χ1v) is 16.6. The number of unbranched alkanes of at least 4 members (excludes halogenated alkanes) is 16. The van der Waals surface area contributed by atoms with E-state index < -0.39 is 0 Å². The quantitative estimate of drug-likeness (QED) is 0.0537. The molecule has 2 rings (SSSR count). The summed E-state index contributed by atoms with van der Waals surface area (Å²) in [5.74, 6) is 0.492. The maximum atomic E-state index is 12.3. The fraction of sp³-hybridized carbons (Fsp3) is 0.611. The molecule has 42 heavy (non-hydrogen) atoms. The molecule has 0 N–H and O–H groups in total. The van der Waals surface area contributed by atoms with Gasteiger partial charge < -0.3 is 9.47 Å². The molecule has 2 aromatic carbocycles. The highest BCUT2D eigenvalue weighted by Gasteiger charge is 2.07. The Morgan fingerprint density at radius 1 is 0.500 bits per heavy atom. The Hall–Kier alpha value is -3.02. The van der Waals surface area contributed by atoms with Crippen molar-refractivity contribution in [2.24, 2.45) is 10.2 Å². The van der Waals surface area contributed by atoms with Crippen LogP contribution in [0.1, 0.15) is 142 Å². The molecule has 0 amide bonds. The van der Waals surface area contributed by atoms with E-state index in [0.29, 0.717) is 35.7 Å². The van der Waals surface area contributed by atoms with E-state index in [2.05, 4.69) is 24.1 Å². The van der Waals surface area contributed by atoms with Gasteiger partial charge in [0.25, 0.3) is 0 Å². The molecule has 0 atom stereocenters. The fourth-order valence-electron chi connectivity index (χ4n) is 4.86. The van der Waals surface area contributed by atoms with E-state index in [4.69, 9.17) is 9.47 Å². The molecule has 0 fully saturated rings. The molecule has 2 aromatic rings. The number of hydrogen-bond acceptors (Lipinski definition) is 6. The summed E-state index contributed by atoms with van der Waals surface area (Å²) in [5.41, 5.74) is 1.16. The molecule has 0 aliphatic carbocycles. The summed E-state index contributed by atoms with van der Waals surface area (Å²) in [6.45, 7) is 4.47. The summed E-state index contributed by atoms with van der Waals surface area (Å²) in [6, 6.07) is 14.1. The van der Waals surface area contributed by atoms with E-state index in [0.717, 1.165) is 25.7 Å². The van der Waals surface area contributed by atoms with Crippen molar-refractivity contribution in [1.29, 1.82) is 0 Å². The van der Waals surface area contributed by atoms with Gasteiger partial charge in [-0.25, -0.2) is 0 Å². The zero-order chi connectivity index (χ0) is 30.1. The van der Waals surface area contributed by atoms with E-state index >= 15 is 0 Å². The lowest BCUT2D eigenvalue weighted by Crippen LogP contribution is -2.07. The van der Waals surface area contributed by atoms with Crippen LogP contribution in [0.3, 0.4) is 0 Å². The topological polar surface area (TPSA) is 77.3 Å². The second-order valence-electron chi connectivity index (χ2n) is 11.3. The average Bonchev–Trinajstić information content (AvgIpc) is 2.99. The third-order valence-electron chi connectivity index (χ3n) is 7.35. The van der Waals surface area contributed by atoms with Gasteiger partial charge in [-0.05, 0) is 37.1 Å². The van der Waals surface area contributed by atoms with Gasteiger partial charge in [0.05, 0.1) is 11.4 Å². The van der Waals surface area contributed by atoms with Crippen LogP contribution in [0.4, 0.5) is 11.4 Å². The molecule has 232 valence electrons. The second-order valence-corrected chi connectivity index (χ2v) is 11.3. The Labute approximate surface area is 254 Å². The Balaban J connectivity index is 1.67. The van der Waals surface area contributed by atoms with Gasteiger partial charge in [-0.3, -0.25) is 9.59 Å². The Morgan fingerprint density at radius 3 is 1.19 bits per heavy atom. The molecular weight excluding hydrogens is 524 g/mol. The molecule has 0 aliphatic rings. The summed E-state index contributed by atoms with van der Waals surface area (Å²) >= 11 is 0.